The fraction of sp³-hybridized carbons (Fsp3) is 0.111. The predicted octanol–water partition coefficient (Wildman–Crippen LogP) is 4.41. The predicted molar refractivity (Wildman–Crippen MR) is 96.2 cm³/mol. The lowest BCUT2D eigenvalue weighted by molar-refractivity contribution is 0.102. The van der Waals surface area contributed by atoms with Crippen LogP contribution in [0.1, 0.15) is 10.4 Å². The van der Waals surface area contributed by atoms with Gasteiger partial charge in [0.2, 0.25) is 0 Å². The van der Waals surface area contributed by atoms with E-state index < -0.39 is 11.6 Å². The number of aromatic nitrogens is 1. The van der Waals surface area contributed by atoms with Gasteiger partial charge in [-0.25, -0.2) is 13.8 Å². The summed E-state index contributed by atoms with van der Waals surface area (Å²) >= 11 is 1.22. The maximum Gasteiger partial charge on any atom is 0.257 e. The molecular formula is C18H15F2N3OS. The molecule has 0 aliphatic rings. The summed E-state index contributed by atoms with van der Waals surface area (Å²) in [5.74, 6) is -2.13. The highest BCUT2D eigenvalue weighted by molar-refractivity contribution is 7.14. The third kappa shape index (κ3) is 3.83. The molecule has 25 heavy (non-hydrogen) atoms. The summed E-state index contributed by atoms with van der Waals surface area (Å²) in [5.41, 5.74) is 2.34. The lowest BCUT2D eigenvalue weighted by Crippen LogP contribution is -2.14. The fourth-order valence-electron chi connectivity index (χ4n) is 2.21. The average molecular weight is 359 g/mol. The number of halogens is 2. The van der Waals surface area contributed by atoms with Gasteiger partial charge in [-0.1, -0.05) is 6.07 Å². The van der Waals surface area contributed by atoms with Gasteiger partial charge in [0, 0.05) is 36.3 Å². The van der Waals surface area contributed by atoms with Gasteiger partial charge in [-0.2, -0.15) is 0 Å². The van der Waals surface area contributed by atoms with Crippen LogP contribution in [0.5, 0.6) is 0 Å². The number of benzene rings is 2. The van der Waals surface area contributed by atoms with Crippen molar-refractivity contribution in [2.24, 2.45) is 0 Å². The Morgan fingerprint density at radius 2 is 1.92 bits per heavy atom. The lowest BCUT2D eigenvalue weighted by Gasteiger charge is -2.13. The Bertz CT molecular complexity index is 924. The molecule has 0 saturated carbocycles. The van der Waals surface area contributed by atoms with E-state index in [9.17, 15) is 13.6 Å². The molecule has 0 bridgehead atoms. The number of carbonyl (C=O) groups excluding carboxylic acids is 1. The molecule has 1 heterocycles. The second kappa shape index (κ2) is 6.98. The largest absolute Gasteiger partial charge is 0.378 e. The van der Waals surface area contributed by atoms with E-state index in [2.05, 4.69) is 10.3 Å². The SMILES string of the molecule is CN(C)c1cccc(C(=O)Nc2nc(-c3ccc(F)c(F)c3)cs2)c1. The van der Waals surface area contributed by atoms with Crippen LogP contribution in [0.15, 0.2) is 47.8 Å². The zero-order valence-corrected chi connectivity index (χ0v) is 14.4. The molecule has 3 rings (SSSR count). The minimum atomic E-state index is -0.934. The van der Waals surface area contributed by atoms with Crippen molar-refractivity contribution in [2.75, 3.05) is 24.3 Å². The van der Waals surface area contributed by atoms with Crippen LogP contribution in [0.4, 0.5) is 19.6 Å². The first-order valence-electron chi connectivity index (χ1n) is 7.44. The van der Waals surface area contributed by atoms with Crippen LogP contribution in [0, 0.1) is 11.6 Å². The van der Waals surface area contributed by atoms with Gasteiger partial charge in [-0.15, -0.1) is 11.3 Å². The molecule has 4 nitrogen and oxygen atoms in total. The summed E-state index contributed by atoms with van der Waals surface area (Å²) in [6.07, 6.45) is 0. The van der Waals surface area contributed by atoms with Gasteiger partial charge < -0.3 is 4.90 Å². The van der Waals surface area contributed by atoms with Crippen LogP contribution >= 0.6 is 11.3 Å². The van der Waals surface area contributed by atoms with Gasteiger partial charge in [-0.05, 0) is 36.4 Å². The number of rotatable bonds is 4. The van der Waals surface area contributed by atoms with Crippen molar-refractivity contribution in [3.63, 3.8) is 0 Å². The average Bonchev–Trinajstić information content (AvgIpc) is 3.06. The van der Waals surface area contributed by atoms with E-state index in [4.69, 9.17) is 0 Å². The van der Waals surface area contributed by atoms with Crippen molar-refractivity contribution in [1.82, 2.24) is 4.98 Å². The number of anilines is 2. The summed E-state index contributed by atoms with van der Waals surface area (Å²) in [5, 5.41) is 4.79. The van der Waals surface area contributed by atoms with E-state index in [1.807, 2.05) is 25.1 Å². The molecule has 128 valence electrons. The highest BCUT2D eigenvalue weighted by Crippen LogP contribution is 2.26. The van der Waals surface area contributed by atoms with Crippen molar-refractivity contribution in [1.29, 1.82) is 0 Å². The van der Waals surface area contributed by atoms with Crippen molar-refractivity contribution >= 4 is 28.1 Å². The lowest BCUT2D eigenvalue weighted by atomic mass is 10.1. The first-order chi connectivity index (χ1) is 11.9. The standard InChI is InChI=1S/C18H15F2N3OS/c1-23(2)13-5-3-4-12(8-13)17(24)22-18-21-16(10-25-18)11-6-7-14(19)15(20)9-11/h3-10H,1-2H3,(H,21,22,24). The van der Waals surface area contributed by atoms with Crippen LogP contribution < -0.4 is 10.2 Å². The van der Waals surface area contributed by atoms with Crippen molar-refractivity contribution < 1.29 is 13.6 Å². The van der Waals surface area contributed by atoms with Gasteiger partial charge in [0.1, 0.15) is 0 Å². The topological polar surface area (TPSA) is 45.2 Å². The number of hydrogen-bond acceptors (Lipinski definition) is 4. The first-order valence-corrected chi connectivity index (χ1v) is 8.31. The van der Waals surface area contributed by atoms with Gasteiger partial charge in [0.15, 0.2) is 16.8 Å². The van der Waals surface area contributed by atoms with Gasteiger partial charge in [0.25, 0.3) is 5.91 Å². The normalized spacial score (nSPS) is 10.6. The van der Waals surface area contributed by atoms with Crippen molar-refractivity contribution in [3.05, 3.63) is 65.0 Å². The van der Waals surface area contributed by atoms with Crippen LogP contribution in [0.2, 0.25) is 0 Å². The summed E-state index contributed by atoms with van der Waals surface area (Å²) in [6.45, 7) is 0. The molecule has 0 atom stereocenters. The zero-order chi connectivity index (χ0) is 18.0. The summed E-state index contributed by atoms with van der Waals surface area (Å²) < 4.78 is 26.3. The molecule has 7 heteroatoms. The van der Waals surface area contributed by atoms with E-state index >= 15 is 0 Å². The number of amides is 1. The Morgan fingerprint density at radius 1 is 1.12 bits per heavy atom. The molecule has 1 amide bonds. The quantitative estimate of drug-likeness (QED) is 0.751. The molecule has 0 spiro atoms. The maximum atomic E-state index is 13.3. The first kappa shape index (κ1) is 17.0. The Labute approximate surface area is 147 Å². The number of carbonyl (C=O) groups is 1. The Hall–Kier alpha value is -2.80. The highest BCUT2D eigenvalue weighted by atomic mass is 32.1. The van der Waals surface area contributed by atoms with Crippen LogP contribution in [-0.2, 0) is 0 Å². The fourth-order valence-corrected chi connectivity index (χ4v) is 2.93. The van der Waals surface area contributed by atoms with Gasteiger partial charge in [-0.3, -0.25) is 10.1 Å². The minimum Gasteiger partial charge on any atom is -0.378 e. The molecular weight excluding hydrogens is 344 g/mol. The van der Waals surface area contributed by atoms with E-state index in [1.54, 1.807) is 23.6 Å². The molecule has 3 aromatic rings. The number of nitrogens with one attached hydrogen (secondary N) is 1. The second-order valence-corrected chi connectivity index (χ2v) is 6.42. The number of hydrogen-bond donors (Lipinski definition) is 1. The molecule has 2 aromatic carbocycles. The number of thiazole rings is 1. The molecule has 0 unspecified atom stereocenters. The van der Waals surface area contributed by atoms with E-state index in [1.165, 1.54) is 17.4 Å². The van der Waals surface area contributed by atoms with Crippen LogP contribution in [0.25, 0.3) is 11.3 Å². The molecule has 0 radical (unpaired) electrons. The van der Waals surface area contributed by atoms with E-state index in [0.29, 0.717) is 22.0 Å². The Morgan fingerprint density at radius 3 is 2.64 bits per heavy atom. The van der Waals surface area contributed by atoms with Crippen LogP contribution in [0.3, 0.4) is 0 Å². The highest BCUT2D eigenvalue weighted by Gasteiger charge is 2.12. The Kier molecular flexibility index (Phi) is 4.76. The molecule has 0 saturated heterocycles. The second-order valence-electron chi connectivity index (χ2n) is 5.57. The van der Waals surface area contributed by atoms with Crippen molar-refractivity contribution in [2.45, 2.75) is 0 Å². The molecule has 0 fully saturated rings. The number of nitrogens with zero attached hydrogens (tertiary/aromatic N) is 2. The van der Waals surface area contributed by atoms with E-state index in [0.717, 1.165) is 17.8 Å². The molecule has 0 aliphatic heterocycles. The summed E-state index contributed by atoms with van der Waals surface area (Å²) in [7, 11) is 3.79. The van der Waals surface area contributed by atoms with Gasteiger partial charge in [0.05, 0.1) is 5.69 Å². The monoisotopic (exact) mass is 359 g/mol. The minimum absolute atomic E-state index is 0.283. The molecule has 1 N–H and O–H groups in total. The third-order valence-electron chi connectivity index (χ3n) is 3.56. The summed E-state index contributed by atoms with van der Waals surface area (Å²) in [4.78, 5) is 18.5. The maximum absolute atomic E-state index is 13.3. The van der Waals surface area contributed by atoms with Crippen LogP contribution in [-0.4, -0.2) is 25.0 Å². The Balaban J connectivity index is 1.78. The van der Waals surface area contributed by atoms with Crippen molar-refractivity contribution in [3.8, 4) is 11.3 Å². The third-order valence-corrected chi connectivity index (χ3v) is 4.32. The smallest absolute Gasteiger partial charge is 0.257 e. The zero-order valence-electron chi connectivity index (χ0n) is 13.6. The summed E-state index contributed by atoms with van der Waals surface area (Å²) in [6, 6.07) is 10.8. The van der Waals surface area contributed by atoms with Gasteiger partial charge >= 0.3 is 0 Å². The molecule has 0 aliphatic carbocycles. The molecule has 1 aromatic heterocycles. The van der Waals surface area contributed by atoms with E-state index in [-0.39, 0.29) is 5.91 Å².